The average Bonchev–Trinajstić information content (AvgIpc) is 2.41. The van der Waals surface area contributed by atoms with Crippen molar-refractivity contribution in [3.63, 3.8) is 0 Å². The summed E-state index contributed by atoms with van der Waals surface area (Å²) in [7, 11) is 2.18. The summed E-state index contributed by atoms with van der Waals surface area (Å²) < 4.78 is 0. The first-order chi connectivity index (χ1) is 9.77. The van der Waals surface area contributed by atoms with Gasteiger partial charge in [0.15, 0.2) is 0 Å². The maximum atomic E-state index is 6.31. The molecule has 2 nitrogen and oxygen atoms in total. The van der Waals surface area contributed by atoms with E-state index in [0.717, 1.165) is 24.5 Å². The Balaban J connectivity index is 2.64. The van der Waals surface area contributed by atoms with Crippen LogP contribution in [0.4, 0.5) is 0 Å². The minimum atomic E-state index is 0.282. The maximum absolute atomic E-state index is 6.31. The number of hydrogen-bond donors (Lipinski definition) is 1. The summed E-state index contributed by atoms with van der Waals surface area (Å²) in [6.07, 6.45) is 1.14. The van der Waals surface area contributed by atoms with Crippen LogP contribution in [0.3, 0.4) is 0 Å². The quantitative estimate of drug-likeness (QED) is 0.782. The predicted molar refractivity (Wildman–Crippen MR) is 94.0 cm³/mol. The Hall–Kier alpha value is -0.570. The second kappa shape index (κ2) is 8.17. The minimum absolute atomic E-state index is 0.282. The van der Waals surface area contributed by atoms with Gasteiger partial charge in [0.1, 0.15) is 0 Å². The first kappa shape index (κ1) is 18.5. The van der Waals surface area contributed by atoms with Crippen LogP contribution in [0, 0.1) is 5.41 Å². The zero-order chi connectivity index (χ0) is 16.0. The van der Waals surface area contributed by atoms with Crippen LogP contribution in [0.15, 0.2) is 24.3 Å². The SMILES string of the molecule is CCNC(CCN(C)C(C)c1ccccc1Cl)C(C)(C)C. The molecule has 2 atom stereocenters. The van der Waals surface area contributed by atoms with Crippen molar-refractivity contribution in [2.24, 2.45) is 5.41 Å². The van der Waals surface area contributed by atoms with E-state index in [2.05, 4.69) is 64.0 Å². The number of halogens is 1. The van der Waals surface area contributed by atoms with Gasteiger partial charge in [0.25, 0.3) is 0 Å². The van der Waals surface area contributed by atoms with Gasteiger partial charge in [-0.3, -0.25) is 4.90 Å². The fourth-order valence-electron chi connectivity index (χ4n) is 2.67. The highest BCUT2D eigenvalue weighted by Gasteiger charge is 2.24. The molecule has 1 aromatic rings. The van der Waals surface area contributed by atoms with Crippen LogP contribution in [-0.4, -0.2) is 31.1 Å². The highest BCUT2D eigenvalue weighted by molar-refractivity contribution is 6.31. The topological polar surface area (TPSA) is 15.3 Å². The largest absolute Gasteiger partial charge is 0.314 e. The fraction of sp³-hybridized carbons (Fsp3) is 0.667. The lowest BCUT2D eigenvalue weighted by molar-refractivity contribution is 0.199. The molecule has 0 aromatic heterocycles. The van der Waals surface area contributed by atoms with Gasteiger partial charge in [-0.15, -0.1) is 0 Å². The highest BCUT2D eigenvalue weighted by atomic mass is 35.5. The summed E-state index contributed by atoms with van der Waals surface area (Å²) >= 11 is 6.31. The van der Waals surface area contributed by atoms with Gasteiger partial charge in [-0.25, -0.2) is 0 Å². The molecule has 0 aliphatic heterocycles. The van der Waals surface area contributed by atoms with Crippen LogP contribution in [0.1, 0.15) is 52.6 Å². The van der Waals surface area contributed by atoms with Crippen LogP contribution >= 0.6 is 11.6 Å². The summed E-state index contributed by atoms with van der Waals surface area (Å²) in [4.78, 5) is 2.39. The molecule has 0 saturated carbocycles. The number of benzene rings is 1. The van der Waals surface area contributed by atoms with E-state index < -0.39 is 0 Å². The fourth-order valence-corrected chi connectivity index (χ4v) is 2.96. The van der Waals surface area contributed by atoms with E-state index in [1.165, 1.54) is 5.56 Å². The molecule has 0 aliphatic carbocycles. The van der Waals surface area contributed by atoms with E-state index in [-0.39, 0.29) is 5.41 Å². The lowest BCUT2D eigenvalue weighted by Gasteiger charge is -2.34. The van der Waals surface area contributed by atoms with Gasteiger partial charge in [-0.2, -0.15) is 0 Å². The highest BCUT2D eigenvalue weighted by Crippen LogP contribution is 2.27. The Morgan fingerprint density at radius 1 is 1.24 bits per heavy atom. The lowest BCUT2D eigenvalue weighted by atomic mass is 9.84. The molecule has 0 aliphatic rings. The molecule has 0 heterocycles. The van der Waals surface area contributed by atoms with Crippen molar-refractivity contribution in [3.05, 3.63) is 34.9 Å². The van der Waals surface area contributed by atoms with Crippen molar-refractivity contribution < 1.29 is 0 Å². The van der Waals surface area contributed by atoms with Crippen molar-refractivity contribution in [2.45, 2.75) is 53.1 Å². The molecule has 0 radical (unpaired) electrons. The van der Waals surface area contributed by atoms with Gasteiger partial charge < -0.3 is 5.32 Å². The van der Waals surface area contributed by atoms with E-state index in [1.807, 2.05) is 12.1 Å². The summed E-state index contributed by atoms with van der Waals surface area (Å²) in [5, 5.41) is 4.47. The van der Waals surface area contributed by atoms with E-state index >= 15 is 0 Å². The zero-order valence-electron chi connectivity index (χ0n) is 14.4. The van der Waals surface area contributed by atoms with Gasteiger partial charge in [0.05, 0.1) is 0 Å². The summed E-state index contributed by atoms with van der Waals surface area (Å²) in [5.74, 6) is 0. The zero-order valence-corrected chi connectivity index (χ0v) is 15.2. The summed E-state index contributed by atoms with van der Waals surface area (Å²) in [6, 6.07) is 9.00. The van der Waals surface area contributed by atoms with Crippen LogP contribution in [0.2, 0.25) is 5.02 Å². The van der Waals surface area contributed by atoms with Crippen molar-refractivity contribution >= 4 is 11.6 Å². The van der Waals surface area contributed by atoms with Crippen LogP contribution in [0.25, 0.3) is 0 Å². The van der Waals surface area contributed by atoms with Crippen molar-refractivity contribution in [1.29, 1.82) is 0 Å². The molecule has 3 heteroatoms. The molecular formula is C18H31ClN2. The Morgan fingerprint density at radius 3 is 2.38 bits per heavy atom. The minimum Gasteiger partial charge on any atom is -0.314 e. The van der Waals surface area contributed by atoms with Crippen LogP contribution in [0.5, 0.6) is 0 Å². The Labute approximate surface area is 135 Å². The van der Waals surface area contributed by atoms with Gasteiger partial charge in [-0.1, -0.05) is 57.5 Å². The maximum Gasteiger partial charge on any atom is 0.0453 e. The normalized spacial score (nSPS) is 15.2. The third-order valence-electron chi connectivity index (χ3n) is 4.28. The first-order valence-electron chi connectivity index (χ1n) is 7.95. The van der Waals surface area contributed by atoms with E-state index in [4.69, 9.17) is 11.6 Å². The number of nitrogens with zero attached hydrogens (tertiary/aromatic N) is 1. The van der Waals surface area contributed by atoms with Crippen molar-refractivity contribution in [1.82, 2.24) is 10.2 Å². The van der Waals surface area contributed by atoms with Crippen molar-refractivity contribution in [3.8, 4) is 0 Å². The standard InChI is InChI=1S/C18H31ClN2/c1-7-20-17(18(3,4)5)12-13-21(6)14(2)15-10-8-9-11-16(15)19/h8-11,14,17,20H,7,12-13H2,1-6H3. The second-order valence-electron chi connectivity index (χ2n) is 6.94. The molecule has 0 fully saturated rings. The Kier molecular flexibility index (Phi) is 7.19. The van der Waals surface area contributed by atoms with Crippen molar-refractivity contribution in [2.75, 3.05) is 20.1 Å². The third-order valence-corrected chi connectivity index (χ3v) is 4.63. The molecule has 120 valence electrons. The van der Waals surface area contributed by atoms with Gasteiger partial charge in [0.2, 0.25) is 0 Å². The average molecular weight is 311 g/mol. The smallest absolute Gasteiger partial charge is 0.0453 e. The third kappa shape index (κ3) is 5.61. The Bertz CT molecular complexity index is 425. The molecule has 1 aromatic carbocycles. The first-order valence-corrected chi connectivity index (χ1v) is 8.33. The van der Waals surface area contributed by atoms with E-state index in [1.54, 1.807) is 0 Å². The molecule has 0 amide bonds. The van der Waals surface area contributed by atoms with Gasteiger partial charge in [0, 0.05) is 17.1 Å². The lowest BCUT2D eigenvalue weighted by Crippen LogP contribution is -2.42. The number of nitrogens with one attached hydrogen (secondary N) is 1. The molecule has 1 N–H and O–H groups in total. The van der Waals surface area contributed by atoms with Gasteiger partial charge >= 0.3 is 0 Å². The summed E-state index contributed by atoms with van der Waals surface area (Å²) in [6.45, 7) is 13.4. The van der Waals surface area contributed by atoms with Gasteiger partial charge in [-0.05, 0) is 50.5 Å². The molecule has 2 unspecified atom stereocenters. The van der Waals surface area contributed by atoms with E-state index in [9.17, 15) is 0 Å². The Morgan fingerprint density at radius 2 is 1.86 bits per heavy atom. The van der Waals surface area contributed by atoms with Crippen LogP contribution < -0.4 is 5.32 Å². The number of hydrogen-bond acceptors (Lipinski definition) is 2. The molecular weight excluding hydrogens is 280 g/mol. The predicted octanol–water partition coefficient (Wildman–Crippen LogP) is 4.75. The van der Waals surface area contributed by atoms with E-state index in [0.29, 0.717) is 12.1 Å². The molecule has 1 rings (SSSR count). The molecule has 21 heavy (non-hydrogen) atoms. The number of rotatable bonds is 7. The second-order valence-corrected chi connectivity index (χ2v) is 7.35. The molecule has 0 bridgehead atoms. The molecule has 0 spiro atoms. The monoisotopic (exact) mass is 310 g/mol. The molecule has 0 saturated heterocycles. The summed E-state index contributed by atoms with van der Waals surface area (Å²) in [5.41, 5.74) is 1.49. The van der Waals surface area contributed by atoms with Crippen LogP contribution in [-0.2, 0) is 0 Å².